The summed E-state index contributed by atoms with van der Waals surface area (Å²) >= 11 is 0. The van der Waals surface area contributed by atoms with Crippen molar-refractivity contribution >= 4 is 12.1 Å². The number of hydrogen-bond donors (Lipinski definition) is 0. The van der Waals surface area contributed by atoms with Crippen molar-refractivity contribution in [1.82, 2.24) is 0 Å². The minimum Gasteiger partial charge on any atom is -0.496 e. The molecule has 0 aliphatic heterocycles. The van der Waals surface area contributed by atoms with Crippen molar-refractivity contribution in [3.8, 4) is 5.75 Å². The first kappa shape index (κ1) is 10.4. The lowest BCUT2D eigenvalue weighted by molar-refractivity contribution is 0.100. The Kier molecular flexibility index (Phi) is 2.96. The maximum absolute atomic E-state index is 13.1. The van der Waals surface area contributed by atoms with Gasteiger partial charge >= 0.3 is 0 Å². The van der Waals surface area contributed by atoms with E-state index in [1.807, 2.05) is 0 Å². The highest BCUT2D eigenvalue weighted by Crippen LogP contribution is 2.23. The Labute approximate surface area is 80.5 Å². The third-order valence-electron chi connectivity index (χ3n) is 1.84. The predicted octanol–water partition coefficient (Wildman–Crippen LogP) is 1.85. The van der Waals surface area contributed by atoms with Crippen LogP contribution >= 0.6 is 0 Å². The number of halogens is 1. The zero-order valence-electron chi connectivity index (χ0n) is 7.83. The molecule has 0 unspecified atom stereocenters. The van der Waals surface area contributed by atoms with Crippen LogP contribution in [0.4, 0.5) is 4.39 Å². The summed E-state index contributed by atoms with van der Waals surface area (Å²) in [7, 11) is 1.36. The molecule has 0 fully saturated rings. The van der Waals surface area contributed by atoms with Crippen LogP contribution in [0.1, 0.15) is 27.6 Å². The molecular weight excluding hydrogens is 187 g/mol. The van der Waals surface area contributed by atoms with Crippen LogP contribution < -0.4 is 4.74 Å². The summed E-state index contributed by atoms with van der Waals surface area (Å²) < 4.78 is 17.9. The normalized spacial score (nSPS) is 9.64. The monoisotopic (exact) mass is 196 g/mol. The molecule has 0 N–H and O–H groups in total. The van der Waals surface area contributed by atoms with Crippen molar-refractivity contribution in [3.63, 3.8) is 0 Å². The van der Waals surface area contributed by atoms with Crippen molar-refractivity contribution in [2.24, 2.45) is 0 Å². The second kappa shape index (κ2) is 4.00. The highest BCUT2D eigenvalue weighted by Gasteiger charge is 2.16. The van der Waals surface area contributed by atoms with Crippen LogP contribution in [0, 0.1) is 5.82 Å². The van der Waals surface area contributed by atoms with Crippen LogP contribution in [0.2, 0.25) is 0 Å². The average Bonchev–Trinajstić information content (AvgIpc) is 2.17. The maximum atomic E-state index is 13.1. The molecule has 0 aromatic heterocycles. The third kappa shape index (κ3) is 1.64. The Balaban J connectivity index is 3.51. The van der Waals surface area contributed by atoms with E-state index in [1.54, 1.807) is 0 Å². The summed E-state index contributed by atoms with van der Waals surface area (Å²) in [5.74, 6) is -0.907. The molecular formula is C10H9FO3. The van der Waals surface area contributed by atoms with Gasteiger partial charge in [-0.15, -0.1) is 0 Å². The first-order valence-electron chi connectivity index (χ1n) is 3.94. The number of ether oxygens (including phenoxy) is 1. The van der Waals surface area contributed by atoms with Gasteiger partial charge in [-0.05, 0) is 19.1 Å². The molecule has 74 valence electrons. The van der Waals surface area contributed by atoms with Crippen molar-refractivity contribution in [1.29, 1.82) is 0 Å². The lowest BCUT2D eigenvalue weighted by Crippen LogP contribution is -2.05. The van der Waals surface area contributed by atoms with E-state index in [0.29, 0.717) is 6.29 Å². The van der Waals surface area contributed by atoms with Gasteiger partial charge in [0.1, 0.15) is 11.6 Å². The number of benzene rings is 1. The van der Waals surface area contributed by atoms with Crippen LogP contribution in [-0.2, 0) is 0 Å². The molecule has 0 aliphatic carbocycles. The van der Waals surface area contributed by atoms with Crippen molar-refractivity contribution in [2.45, 2.75) is 6.92 Å². The van der Waals surface area contributed by atoms with Gasteiger partial charge in [0.2, 0.25) is 0 Å². The van der Waals surface area contributed by atoms with Crippen LogP contribution in [0.3, 0.4) is 0 Å². The molecule has 0 heterocycles. The largest absolute Gasteiger partial charge is 0.496 e. The predicted molar refractivity (Wildman–Crippen MR) is 48.3 cm³/mol. The van der Waals surface area contributed by atoms with Gasteiger partial charge in [-0.3, -0.25) is 9.59 Å². The molecule has 0 radical (unpaired) electrons. The SMILES string of the molecule is COc1ccc(F)c(C=O)c1C(C)=O. The number of aldehydes is 1. The molecule has 4 heteroatoms. The molecule has 0 spiro atoms. The second-order valence-corrected chi connectivity index (χ2v) is 2.71. The minimum absolute atomic E-state index is 0.0116. The van der Waals surface area contributed by atoms with Crippen LogP contribution in [0.5, 0.6) is 5.75 Å². The van der Waals surface area contributed by atoms with Crippen molar-refractivity contribution < 1.29 is 18.7 Å². The molecule has 3 nitrogen and oxygen atoms in total. The Morgan fingerprint density at radius 2 is 2.14 bits per heavy atom. The fourth-order valence-corrected chi connectivity index (χ4v) is 1.22. The van der Waals surface area contributed by atoms with E-state index in [1.165, 1.54) is 20.1 Å². The highest BCUT2D eigenvalue weighted by atomic mass is 19.1. The highest BCUT2D eigenvalue weighted by molar-refractivity contribution is 6.03. The van der Waals surface area contributed by atoms with Crippen molar-refractivity contribution in [2.75, 3.05) is 7.11 Å². The summed E-state index contributed by atoms with van der Waals surface area (Å²) in [6.45, 7) is 1.25. The Morgan fingerprint density at radius 3 is 2.57 bits per heavy atom. The van der Waals surface area contributed by atoms with Gasteiger partial charge in [-0.1, -0.05) is 0 Å². The number of carbonyl (C=O) groups excluding carboxylic acids is 2. The van der Waals surface area contributed by atoms with E-state index in [2.05, 4.69) is 0 Å². The molecule has 0 bridgehead atoms. The summed E-state index contributed by atoms with van der Waals surface area (Å²) in [6.07, 6.45) is 0.314. The smallest absolute Gasteiger partial charge is 0.164 e. The van der Waals surface area contributed by atoms with E-state index in [9.17, 15) is 14.0 Å². The Hall–Kier alpha value is -1.71. The minimum atomic E-state index is -0.717. The number of ketones is 1. The average molecular weight is 196 g/mol. The summed E-state index contributed by atoms with van der Waals surface area (Å²) in [4.78, 5) is 21.7. The van der Waals surface area contributed by atoms with Gasteiger partial charge in [-0.25, -0.2) is 4.39 Å². The zero-order valence-corrected chi connectivity index (χ0v) is 7.83. The molecule has 0 saturated heterocycles. The van der Waals surface area contributed by atoms with Gasteiger partial charge in [-0.2, -0.15) is 0 Å². The molecule has 14 heavy (non-hydrogen) atoms. The van der Waals surface area contributed by atoms with Gasteiger partial charge in [0.25, 0.3) is 0 Å². The van der Waals surface area contributed by atoms with E-state index in [4.69, 9.17) is 4.74 Å². The number of methoxy groups -OCH3 is 1. The molecule has 1 rings (SSSR count). The number of Topliss-reactive ketones (excluding diaryl/α,β-unsaturated/α-hetero) is 1. The number of rotatable bonds is 3. The lowest BCUT2D eigenvalue weighted by atomic mass is 10.0. The first-order chi connectivity index (χ1) is 6.61. The number of hydrogen-bond acceptors (Lipinski definition) is 3. The summed E-state index contributed by atoms with van der Waals surface area (Å²) in [6, 6.07) is 2.41. The third-order valence-corrected chi connectivity index (χ3v) is 1.84. The molecule has 0 aliphatic rings. The van der Waals surface area contributed by atoms with Gasteiger partial charge in [0.05, 0.1) is 18.2 Å². The molecule has 0 saturated carbocycles. The van der Waals surface area contributed by atoms with E-state index < -0.39 is 11.6 Å². The molecule has 1 aromatic rings. The van der Waals surface area contributed by atoms with Gasteiger partial charge in [0.15, 0.2) is 12.1 Å². The molecule has 0 amide bonds. The fourth-order valence-electron chi connectivity index (χ4n) is 1.22. The van der Waals surface area contributed by atoms with E-state index in [0.717, 1.165) is 6.07 Å². The second-order valence-electron chi connectivity index (χ2n) is 2.71. The maximum Gasteiger partial charge on any atom is 0.164 e. The van der Waals surface area contributed by atoms with E-state index >= 15 is 0 Å². The first-order valence-corrected chi connectivity index (χ1v) is 3.94. The van der Waals surface area contributed by atoms with Crippen LogP contribution in [-0.4, -0.2) is 19.2 Å². The molecule has 0 atom stereocenters. The molecule has 1 aromatic carbocycles. The number of carbonyl (C=O) groups is 2. The van der Waals surface area contributed by atoms with E-state index in [-0.39, 0.29) is 16.9 Å². The van der Waals surface area contributed by atoms with Crippen LogP contribution in [0.25, 0.3) is 0 Å². The quantitative estimate of drug-likeness (QED) is 0.547. The topological polar surface area (TPSA) is 43.4 Å². The summed E-state index contributed by atoms with van der Waals surface area (Å²) in [5, 5.41) is 0. The van der Waals surface area contributed by atoms with Gasteiger partial charge in [0, 0.05) is 0 Å². The van der Waals surface area contributed by atoms with Crippen molar-refractivity contribution in [3.05, 3.63) is 29.1 Å². The summed E-state index contributed by atoms with van der Waals surface area (Å²) in [5.41, 5.74) is -0.264. The van der Waals surface area contributed by atoms with Gasteiger partial charge < -0.3 is 4.74 Å². The Morgan fingerprint density at radius 1 is 1.50 bits per heavy atom. The zero-order chi connectivity index (χ0) is 10.7. The fraction of sp³-hybridized carbons (Fsp3) is 0.200. The standard InChI is InChI=1S/C10H9FO3/c1-6(13)10-7(5-12)8(11)3-4-9(10)14-2/h3-5H,1-2H3. The van der Waals surface area contributed by atoms with Crippen LogP contribution in [0.15, 0.2) is 12.1 Å². The lowest BCUT2D eigenvalue weighted by Gasteiger charge is -2.08. The Bertz CT molecular complexity index is 385.